The molecule has 1 nitrogen and oxygen atoms in total. The van der Waals surface area contributed by atoms with Gasteiger partial charge in [-0.05, 0) is 36.1 Å². The minimum atomic E-state index is 0.624. The highest BCUT2D eigenvalue weighted by atomic mass is 15.0. The normalized spacial score (nSPS) is 58.8. The first-order chi connectivity index (χ1) is 5.31. The summed E-state index contributed by atoms with van der Waals surface area (Å²) in [5.41, 5.74) is 0.624. The van der Waals surface area contributed by atoms with Crippen LogP contribution in [0.15, 0.2) is 12.2 Å². The lowest BCUT2D eigenvalue weighted by molar-refractivity contribution is 0.232. The van der Waals surface area contributed by atoms with Crippen LogP contribution in [-0.2, 0) is 0 Å². The number of allylic oxidation sites excluding steroid dienone is 2. The quantitative estimate of drug-likeness (QED) is 0.514. The average Bonchev–Trinajstić information content (AvgIpc) is 2.54. The highest BCUT2D eigenvalue weighted by Gasteiger charge is 2.54. The Morgan fingerprint density at radius 3 is 3.18 bits per heavy atom. The lowest BCUT2D eigenvalue weighted by atomic mass is 9.72. The molecule has 3 rings (SSSR count). The number of hydrogen-bond acceptors (Lipinski definition) is 1. The van der Waals surface area contributed by atoms with Crippen molar-refractivity contribution in [1.29, 1.82) is 0 Å². The molecule has 60 valence electrons. The van der Waals surface area contributed by atoms with E-state index in [2.05, 4.69) is 24.4 Å². The zero-order chi connectivity index (χ0) is 7.47. The molecule has 2 aliphatic carbocycles. The Bertz CT molecular complexity index is 221. The fourth-order valence-corrected chi connectivity index (χ4v) is 3.42. The number of hydrogen-bond donors (Lipinski definition) is 1. The average molecular weight is 149 g/mol. The molecule has 2 fully saturated rings. The van der Waals surface area contributed by atoms with Crippen LogP contribution >= 0.6 is 0 Å². The van der Waals surface area contributed by atoms with E-state index in [-0.39, 0.29) is 0 Å². The maximum Gasteiger partial charge on any atom is 0.00143 e. The minimum absolute atomic E-state index is 0.624. The van der Waals surface area contributed by atoms with Crippen LogP contribution in [0.5, 0.6) is 0 Å². The second kappa shape index (κ2) is 1.71. The third-order valence-electron chi connectivity index (χ3n) is 4.20. The van der Waals surface area contributed by atoms with Gasteiger partial charge in [-0.2, -0.15) is 0 Å². The van der Waals surface area contributed by atoms with Gasteiger partial charge in [0.2, 0.25) is 0 Å². The van der Waals surface area contributed by atoms with Crippen LogP contribution in [0.2, 0.25) is 0 Å². The Kier molecular flexibility index (Phi) is 0.972. The summed E-state index contributed by atoms with van der Waals surface area (Å²) in [7, 11) is 0. The summed E-state index contributed by atoms with van der Waals surface area (Å²) in [6, 6.07) is 0. The third kappa shape index (κ3) is 0.572. The van der Waals surface area contributed by atoms with E-state index in [1.54, 1.807) is 0 Å². The Morgan fingerprint density at radius 1 is 1.45 bits per heavy atom. The third-order valence-corrected chi connectivity index (χ3v) is 4.20. The Hall–Kier alpha value is -0.300. The predicted octanol–water partition coefficient (Wildman–Crippen LogP) is 1.42. The molecule has 1 aliphatic heterocycles. The minimum Gasteiger partial charge on any atom is -0.316 e. The summed E-state index contributed by atoms with van der Waals surface area (Å²) < 4.78 is 0. The van der Waals surface area contributed by atoms with Gasteiger partial charge in [-0.25, -0.2) is 0 Å². The second-order valence-electron chi connectivity index (χ2n) is 4.63. The van der Waals surface area contributed by atoms with Crippen LogP contribution in [0, 0.1) is 23.2 Å². The maximum absolute atomic E-state index is 3.53. The van der Waals surface area contributed by atoms with Gasteiger partial charge in [0.15, 0.2) is 0 Å². The standard InChI is InChI=1S/C10H15N/c1-10-6-11-5-9(10)7-2-3-8(10)4-7/h2-3,7-9,11H,4-6H2,1H3/t7-,8-,9-,10-/m0/s1. The van der Waals surface area contributed by atoms with Gasteiger partial charge >= 0.3 is 0 Å². The SMILES string of the molecule is C[C@@]12CNC[C@H]1[C@H]1C=C[C@H]2C1. The van der Waals surface area contributed by atoms with E-state index in [0.717, 1.165) is 17.8 Å². The molecule has 0 unspecified atom stereocenters. The topological polar surface area (TPSA) is 12.0 Å². The molecule has 0 aromatic rings. The molecule has 1 N–H and O–H groups in total. The van der Waals surface area contributed by atoms with E-state index in [9.17, 15) is 0 Å². The molecule has 0 amide bonds. The zero-order valence-electron chi connectivity index (χ0n) is 7.01. The van der Waals surface area contributed by atoms with E-state index >= 15 is 0 Å². The number of fused-ring (bicyclic) bond motifs is 5. The molecule has 0 aromatic heterocycles. The van der Waals surface area contributed by atoms with Crippen LogP contribution < -0.4 is 5.32 Å². The molecule has 1 heteroatoms. The van der Waals surface area contributed by atoms with Gasteiger partial charge in [0.1, 0.15) is 0 Å². The van der Waals surface area contributed by atoms with Crippen molar-refractivity contribution in [3.8, 4) is 0 Å². The van der Waals surface area contributed by atoms with Crippen molar-refractivity contribution in [2.75, 3.05) is 13.1 Å². The van der Waals surface area contributed by atoms with Gasteiger partial charge in [-0.15, -0.1) is 0 Å². The summed E-state index contributed by atoms with van der Waals surface area (Å²) in [5.74, 6) is 2.77. The largest absolute Gasteiger partial charge is 0.316 e. The first kappa shape index (κ1) is 6.24. The van der Waals surface area contributed by atoms with Crippen LogP contribution in [0.3, 0.4) is 0 Å². The van der Waals surface area contributed by atoms with Crippen LogP contribution in [0.25, 0.3) is 0 Å². The van der Waals surface area contributed by atoms with Gasteiger partial charge < -0.3 is 5.32 Å². The van der Waals surface area contributed by atoms with Crippen molar-refractivity contribution in [2.45, 2.75) is 13.3 Å². The summed E-state index contributed by atoms with van der Waals surface area (Å²) >= 11 is 0. The molecule has 0 radical (unpaired) electrons. The highest BCUT2D eigenvalue weighted by molar-refractivity contribution is 5.20. The van der Waals surface area contributed by atoms with Crippen molar-refractivity contribution in [3.63, 3.8) is 0 Å². The van der Waals surface area contributed by atoms with Crippen molar-refractivity contribution in [1.82, 2.24) is 5.32 Å². The first-order valence-corrected chi connectivity index (χ1v) is 4.70. The van der Waals surface area contributed by atoms with Gasteiger partial charge in [0.25, 0.3) is 0 Å². The monoisotopic (exact) mass is 149 g/mol. The first-order valence-electron chi connectivity index (χ1n) is 4.70. The van der Waals surface area contributed by atoms with Crippen molar-refractivity contribution in [3.05, 3.63) is 12.2 Å². The fourth-order valence-electron chi connectivity index (χ4n) is 3.42. The summed E-state index contributed by atoms with van der Waals surface area (Å²) in [5, 5.41) is 3.53. The molecule has 2 bridgehead atoms. The molecule has 4 atom stereocenters. The van der Waals surface area contributed by atoms with E-state index < -0.39 is 0 Å². The fraction of sp³-hybridized carbons (Fsp3) is 0.800. The molecule has 1 heterocycles. The van der Waals surface area contributed by atoms with E-state index in [1.165, 1.54) is 19.5 Å². The predicted molar refractivity (Wildman–Crippen MR) is 45.2 cm³/mol. The summed E-state index contributed by atoms with van der Waals surface area (Å²) in [6.07, 6.45) is 6.35. The number of rotatable bonds is 0. The molecule has 3 aliphatic rings. The van der Waals surface area contributed by atoms with E-state index in [4.69, 9.17) is 0 Å². The molecule has 1 saturated carbocycles. The van der Waals surface area contributed by atoms with Crippen molar-refractivity contribution < 1.29 is 0 Å². The molecule has 0 spiro atoms. The summed E-state index contributed by atoms with van der Waals surface area (Å²) in [6.45, 7) is 4.98. The molecule has 1 saturated heterocycles. The second-order valence-corrected chi connectivity index (χ2v) is 4.63. The van der Waals surface area contributed by atoms with E-state index in [1.807, 2.05) is 0 Å². The lowest BCUT2D eigenvalue weighted by Crippen LogP contribution is -2.30. The molecular formula is C10H15N. The Labute approximate surface area is 67.9 Å². The lowest BCUT2D eigenvalue weighted by Gasteiger charge is -2.31. The highest BCUT2D eigenvalue weighted by Crippen LogP contribution is 2.57. The smallest absolute Gasteiger partial charge is 0.00143 e. The van der Waals surface area contributed by atoms with Crippen molar-refractivity contribution in [2.24, 2.45) is 23.2 Å². The van der Waals surface area contributed by atoms with Crippen LogP contribution in [0.1, 0.15) is 13.3 Å². The zero-order valence-corrected chi connectivity index (χ0v) is 7.01. The van der Waals surface area contributed by atoms with Gasteiger partial charge in [-0.1, -0.05) is 19.1 Å². The van der Waals surface area contributed by atoms with Gasteiger partial charge in [-0.3, -0.25) is 0 Å². The molecular weight excluding hydrogens is 134 g/mol. The Balaban J connectivity index is 2.06. The number of nitrogens with one attached hydrogen (secondary N) is 1. The maximum atomic E-state index is 3.53. The van der Waals surface area contributed by atoms with Gasteiger partial charge in [0.05, 0.1) is 0 Å². The van der Waals surface area contributed by atoms with Crippen molar-refractivity contribution >= 4 is 0 Å². The van der Waals surface area contributed by atoms with Crippen LogP contribution in [0.4, 0.5) is 0 Å². The molecule has 11 heavy (non-hydrogen) atoms. The van der Waals surface area contributed by atoms with Crippen LogP contribution in [-0.4, -0.2) is 13.1 Å². The molecule has 0 aromatic carbocycles. The van der Waals surface area contributed by atoms with E-state index in [0.29, 0.717) is 5.41 Å². The van der Waals surface area contributed by atoms with Gasteiger partial charge in [0, 0.05) is 6.54 Å². The summed E-state index contributed by atoms with van der Waals surface area (Å²) in [4.78, 5) is 0. The Morgan fingerprint density at radius 2 is 2.36 bits per heavy atom.